The summed E-state index contributed by atoms with van der Waals surface area (Å²) in [5.74, 6) is -1.76. The number of amides is 2. The van der Waals surface area contributed by atoms with Crippen LogP contribution in [0.3, 0.4) is 0 Å². The normalized spacial score (nSPS) is 18.6. The molecule has 2 amide bonds. The van der Waals surface area contributed by atoms with Crippen molar-refractivity contribution in [3.05, 3.63) is 89.5 Å². The Kier molecular flexibility index (Phi) is 5.96. The second-order valence-electron chi connectivity index (χ2n) is 8.73. The predicted molar refractivity (Wildman–Crippen MR) is 128 cm³/mol. The number of aliphatic hydroxyl groups is 1. The number of benzene rings is 3. The zero-order chi connectivity index (χ0) is 24.5. The summed E-state index contributed by atoms with van der Waals surface area (Å²) in [6.45, 7) is 0.101. The molecule has 8 heteroatoms. The van der Waals surface area contributed by atoms with Gasteiger partial charge in [-0.05, 0) is 40.5 Å². The van der Waals surface area contributed by atoms with Gasteiger partial charge in [-0.25, -0.2) is 9.59 Å². The van der Waals surface area contributed by atoms with E-state index in [1.54, 1.807) is 12.1 Å². The van der Waals surface area contributed by atoms with E-state index in [0.29, 0.717) is 5.69 Å². The van der Waals surface area contributed by atoms with E-state index in [2.05, 4.69) is 17.4 Å². The molecule has 3 N–H and O–H groups in total. The number of aliphatic carboxylic acids is 1. The first kappa shape index (κ1) is 22.6. The Morgan fingerprint density at radius 3 is 2.26 bits per heavy atom. The molecule has 0 radical (unpaired) electrons. The summed E-state index contributed by atoms with van der Waals surface area (Å²) in [5.41, 5.74) is 5.04. The van der Waals surface area contributed by atoms with Gasteiger partial charge in [-0.15, -0.1) is 0 Å². The number of carbonyl (C=O) groups excluding carboxylic acids is 2. The minimum Gasteiger partial charge on any atom is -0.480 e. The highest BCUT2D eigenvalue weighted by Crippen LogP contribution is 2.44. The van der Waals surface area contributed by atoms with Crippen LogP contribution in [0, 0.1) is 0 Å². The number of carboxylic acid groups (broad SMARTS) is 1. The highest BCUT2D eigenvalue weighted by Gasteiger charge is 2.39. The Morgan fingerprint density at radius 2 is 1.60 bits per heavy atom. The molecule has 2 atom stereocenters. The van der Waals surface area contributed by atoms with Crippen LogP contribution in [0.25, 0.3) is 11.1 Å². The summed E-state index contributed by atoms with van der Waals surface area (Å²) >= 11 is 0. The fourth-order valence-electron chi connectivity index (χ4n) is 4.92. The molecule has 0 unspecified atom stereocenters. The number of ether oxygens (including phenoxy) is 1. The fraction of sp³-hybridized carbons (Fsp3) is 0.222. The van der Waals surface area contributed by atoms with Crippen molar-refractivity contribution in [3.8, 4) is 11.1 Å². The Hall–Kier alpha value is -4.17. The molecule has 1 saturated heterocycles. The van der Waals surface area contributed by atoms with Gasteiger partial charge in [0.15, 0.2) is 0 Å². The highest BCUT2D eigenvalue weighted by molar-refractivity contribution is 5.98. The minimum atomic E-state index is -1.16. The molecular weight excluding hydrogens is 448 g/mol. The maximum Gasteiger partial charge on any atom is 0.411 e. The van der Waals surface area contributed by atoms with Gasteiger partial charge in [0.05, 0.1) is 6.10 Å². The lowest BCUT2D eigenvalue weighted by Crippen LogP contribution is -2.40. The minimum absolute atomic E-state index is 0.0151. The number of β-amino-alcohol motifs (C(OH)–C–C–N with tert-alkyl or cyclic N) is 1. The zero-order valence-corrected chi connectivity index (χ0v) is 18.8. The maximum atomic E-state index is 12.9. The lowest BCUT2D eigenvalue weighted by Gasteiger charge is -2.21. The summed E-state index contributed by atoms with van der Waals surface area (Å²) in [6.07, 6.45) is -1.56. The van der Waals surface area contributed by atoms with Crippen molar-refractivity contribution < 1.29 is 29.3 Å². The van der Waals surface area contributed by atoms with Crippen LogP contribution < -0.4 is 5.32 Å². The van der Waals surface area contributed by atoms with Crippen molar-refractivity contribution in [1.82, 2.24) is 4.90 Å². The summed E-state index contributed by atoms with van der Waals surface area (Å²) < 4.78 is 5.55. The van der Waals surface area contributed by atoms with E-state index >= 15 is 0 Å². The number of carbonyl (C=O) groups is 3. The van der Waals surface area contributed by atoms with E-state index < -0.39 is 30.1 Å². The number of fused-ring (bicyclic) bond motifs is 3. The van der Waals surface area contributed by atoms with Gasteiger partial charge in [0.1, 0.15) is 12.6 Å². The van der Waals surface area contributed by atoms with E-state index in [-0.39, 0.29) is 31.1 Å². The van der Waals surface area contributed by atoms with Crippen molar-refractivity contribution in [2.24, 2.45) is 0 Å². The number of rotatable bonds is 5. The first-order chi connectivity index (χ1) is 16.9. The van der Waals surface area contributed by atoms with Crippen LogP contribution in [0.15, 0.2) is 72.8 Å². The second-order valence-corrected chi connectivity index (χ2v) is 8.73. The summed E-state index contributed by atoms with van der Waals surface area (Å²) in [7, 11) is 0. The zero-order valence-electron chi connectivity index (χ0n) is 18.8. The van der Waals surface area contributed by atoms with Crippen LogP contribution in [-0.2, 0) is 9.53 Å². The standard InChI is InChI=1S/C27H24N2O6/c30-18-13-24(26(32)33)29(14-18)25(31)16-6-5-7-17(12-16)28-27(34)35-15-23-21-10-3-1-8-19(21)20-9-2-4-11-22(20)23/h1-12,18,23-24,30H,13-15H2,(H,28,34)(H,32,33)/t18-,24+/m1/s1. The van der Waals surface area contributed by atoms with Crippen molar-refractivity contribution in [2.75, 3.05) is 18.5 Å². The Bertz CT molecular complexity index is 1260. The highest BCUT2D eigenvalue weighted by atomic mass is 16.5. The average Bonchev–Trinajstić information content (AvgIpc) is 3.41. The Labute approximate surface area is 201 Å². The smallest absolute Gasteiger partial charge is 0.411 e. The fourth-order valence-corrected chi connectivity index (χ4v) is 4.92. The van der Waals surface area contributed by atoms with Crippen molar-refractivity contribution >= 4 is 23.7 Å². The van der Waals surface area contributed by atoms with E-state index in [1.165, 1.54) is 12.1 Å². The molecule has 0 spiro atoms. The van der Waals surface area contributed by atoms with Gasteiger partial charge in [0.25, 0.3) is 5.91 Å². The molecule has 35 heavy (non-hydrogen) atoms. The molecule has 1 heterocycles. The van der Waals surface area contributed by atoms with Crippen molar-refractivity contribution in [1.29, 1.82) is 0 Å². The van der Waals surface area contributed by atoms with Crippen LogP contribution in [0.5, 0.6) is 0 Å². The van der Waals surface area contributed by atoms with Crippen LogP contribution in [0.2, 0.25) is 0 Å². The van der Waals surface area contributed by atoms with Crippen molar-refractivity contribution in [3.63, 3.8) is 0 Å². The largest absolute Gasteiger partial charge is 0.480 e. The number of hydrogen-bond acceptors (Lipinski definition) is 5. The lowest BCUT2D eigenvalue weighted by molar-refractivity contribution is -0.141. The van der Waals surface area contributed by atoms with E-state index in [1.807, 2.05) is 36.4 Å². The SMILES string of the molecule is O=C(Nc1cccc(C(=O)N2C[C@H](O)C[C@H]2C(=O)O)c1)OCC1c2ccccc2-c2ccccc21. The topological polar surface area (TPSA) is 116 Å². The third-order valence-electron chi connectivity index (χ3n) is 6.52. The monoisotopic (exact) mass is 472 g/mol. The van der Waals surface area contributed by atoms with Gasteiger partial charge in [0.2, 0.25) is 0 Å². The third kappa shape index (κ3) is 4.36. The third-order valence-corrected chi connectivity index (χ3v) is 6.52. The molecule has 0 bridgehead atoms. The number of likely N-dealkylation sites (tertiary alicyclic amines) is 1. The van der Waals surface area contributed by atoms with Gasteiger partial charge in [-0.2, -0.15) is 0 Å². The lowest BCUT2D eigenvalue weighted by atomic mass is 9.98. The number of nitrogens with one attached hydrogen (secondary N) is 1. The van der Waals surface area contributed by atoms with Crippen LogP contribution in [-0.4, -0.2) is 58.4 Å². The molecule has 2 aliphatic rings. The van der Waals surface area contributed by atoms with Crippen molar-refractivity contribution in [2.45, 2.75) is 24.5 Å². The molecule has 178 valence electrons. The Morgan fingerprint density at radius 1 is 0.943 bits per heavy atom. The number of nitrogens with zero attached hydrogens (tertiary/aromatic N) is 1. The van der Waals surface area contributed by atoms with E-state index in [0.717, 1.165) is 27.2 Å². The summed E-state index contributed by atoms with van der Waals surface area (Å²) in [5, 5.41) is 21.8. The summed E-state index contributed by atoms with van der Waals surface area (Å²) in [4.78, 5) is 38.1. The molecule has 0 saturated carbocycles. The number of carboxylic acids is 1. The molecular formula is C27H24N2O6. The van der Waals surface area contributed by atoms with Gasteiger partial charge in [0, 0.05) is 30.1 Å². The molecule has 1 aliphatic carbocycles. The Balaban J connectivity index is 1.26. The van der Waals surface area contributed by atoms with Crippen LogP contribution in [0.1, 0.15) is 33.8 Å². The van der Waals surface area contributed by atoms with Crippen LogP contribution >= 0.6 is 0 Å². The van der Waals surface area contributed by atoms with Gasteiger partial charge in [-0.3, -0.25) is 10.1 Å². The number of aliphatic hydroxyl groups excluding tert-OH is 1. The molecule has 1 fully saturated rings. The number of hydrogen-bond donors (Lipinski definition) is 3. The quantitative estimate of drug-likeness (QED) is 0.521. The number of anilines is 1. The first-order valence-electron chi connectivity index (χ1n) is 11.4. The molecule has 8 nitrogen and oxygen atoms in total. The maximum absolute atomic E-state index is 12.9. The van der Waals surface area contributed by atoms with Gasteiger partial charge in [-0.1, -0.05) is 54.6 Å². The molecule has 1 aliphatic heterocycles. The molecule has 5 rings (SSSR count). The van der Waals surface area contributed by atoms with Gasteiger partial charge < -0.3 is 19.8 Å². The first-order valence-corrected chi connectivity index (χ1v) is 11.4. The van der Waals surface area contributed by atoms with Crippen LogP contribution in [0.4, 0.5) is 10.5 Å². The second kappa shape index (κ2) is 9.23. The summed E-state index contributed by atoms with van der Waals surface area (Å²) in [6, 6.07) is 21.2. The van der Waals surface area contributed by atoms with Gasteiger partial charge >= 0.3 is 12.1 Å². The average molecular weight is 472 g/mol. The van der Waals surface area contributed by atoms with E-state index in [4.69, 9.17) is 4.74 Å². The molecule has 3 aromatic carbocycles. The molecule has 0 aromatic heterocycles. The predicted octanol–water partition coefficient (Wildman–Crippen LogP) is 3.71. The molecule has 3 aromatic rings. The van der Waals surface area contributed by atoms with E-state index in [9.17, 15) is 24.6 Å².